The van der Waals surface area contributed by atoms with E-state index in [-0.39, 0.29) is 17.2 Å². The Hall–Kier alpha value is -2.42. The third-order valence-corrected chi connectivity index (χ3v) is 3.81. The van der Waals surface area contributed by atoms with Crippen LogP contribution in [0.1, 0.15) is 25.3 Å². The number of aliphatic carboxylic acids is 1. The predicted octanol–water partition coefficient (Wildman–Crippen LogP) is 2.38. The zero-order chi connectivity index (χ0) is 15.6. The number of carboxylic acid groups (broad SMARTS) is 1. The quantitative estimate of drug-likeness (QED) is 0.894. The van der Waals surface area contributed by atoms with Crippen molar-refractivity contribution in [2.24, 2.45) is 17.8 Å². The van der Waals surface area contributed by atoms with Crippen molar-refractivity contribution in [1.82, 2.24) is 0 Å². The number of nitriles is 1. The van der Waals surface area contributed by atoms with Crippen molar-refractivity contribution >= 4 is 17.6 Å². The zero-order valence-corrected chi connectivity index (χ0v) is 11.5. The number of benzene rings is 1. The summed E-state index contributed by atoms with van der Waals surface area (Å²) in [5, 5.41) is 20.7. The number of carbonyl (C=O) groups excluding carboxylic acids is 1. The van der Waals surface area contributed by atoms with Gasteiger partial charge in [-0.05, 0) is 37.0 Å². The lowest BCUT2D eigenvalue weighted by atomic mass is 9.95. The molecule has 2 rings (SSSR count). The molecule has 21 heavy (non-hydrogen) atoms. The van der Waals surface area contributed by atoms with Crippen molar-refractivity contribution in [3.8, 4) is 6.07 Å². The van der Waals surface area contributed by atoms with Crippen LogP contribution in [0.4, 0.5) is 10.1 Å². The van der Waals surface area contributed by atoms with Crippen molar-refractivity contribution in [3.05, 3.63) is 29.6 Å². The van der Waals surface area contributed by atoms with Gasteiger partial charge in [-0.15, -0.1) is 0 Å². The van der Waals surface area contributed by atoms with Gasteiger partial charge in [0.25, 0.3) is 0 Å². The van der Waals surface area contributed by atoms with E-state index < -0.39 is 29.5 Å². The topological polar surface area (TPSA) is 90.2 Å². The van der Waals surface area contributed by atoms with Gasteiger partial charge >= 0.3 is 5.97 Å². The molecule has 1 aromatic carbocycles. The van der Waals surface area contributed by atoms with E-state index in [1.807, 2.05) is 6.92 Å². The van der Waals surface area contributed by atoms with Crippen LogP contribution >= 0.6 is 0 Å². The monoisotopic (exact) mass is 290 g/mol. The van der Waals surface area contributed by atoms with Gasteiger partial charge in [0.2, 0.25) is 5.91 Å². The number of carboxylic acids is 1. The molecule has 1 amide bonds. The van der Waals surface area contributed by atoms with E-state index in [4.69, 9.17) is 5.26 Å². The Labute approximate surface area is 121 Å². The Morgan fingerprint density at radius 3 is 2.67 bits per heavy atom. The molecule has 5 nitrogen and oxygen atoms in total. The summed E-state index contributed by atoms with van der Waals surface area (Å²) in [7, 11) is 0. The van der Waals surface area contributed by atoms with Gasteiger partial charge in [-0.3, -0.25) is 9.59 Å². The van der Waals surface area contributed by atoms with Crippen LogP contribution < -0.4 is 5.32 Å². The van der Waals surface area contributed by atoms with Crippen LogP contribution in [0, 0.1) is 34.9 Å². The fraction of sp³-hybridized carbons (Fsp3) is 0.400. The van der Waals surface area contributed by atoms with Crippen LogP contribution in [0.15, 0.2) is 18.2 Å². The lowest BCUT2D eigenvalue weighted by Crippen LogP contribution is -2.30. The second-order valence-electron chi connectivity index (χ2n) is 5.42. The van der Waals surface area contributed by atoms with Crippen molar-refractivity contribution in [2.45, 2.75) is 19.8 Å². The molecule has 0 aromatic heterocycles. The third kappa shape index (κ3) is 3.19. The zero-order valence-electron chi connectivity index (χ0n) is 11.5. The summed E-state index contributed by atoms with van der Waals surface area (Å²) < 4.78 is 13.1. The lowest BCUT2D eigenvalue weighted by Gasteiger charge is -2.16. The van der Waals surface area contributed by atoms with E-state index in [1.165, 1.54) is 6.07 Å². The molecule has 0 heterocycles. The van der Waals surface area contributed by atoms with Gasteiger partial charge in [0.05, 0.1) is 23.1 Å². The Balaban J connectivity index is 2.18. The molecule has 0 aliphatic heterocycles. The van der Waals surface area contributed by atoms with Crippen LogP contribution in [-0.2, 0) is 9.59 Å². The highest BCUT2D eigenvalue weighted by molar-refractivity contribution is 5.96. The number of nitrogens with zero attached hydrogens (tertiary/aromatic N) is 1. The Kier molecular flexibility index (Phi) is 4.22. The molecule has 6 heteroatoms. The van der Waals surface area contributed by atoms with Crippen LogP contribution in [-0.4, -0.2) is 17.0 Å². The molecule has 1 fully saturated rings. The number of halogens is 1. The molecule has 0 spiro atoms. The molecule has 1 saturated carbocycles. The number of rotatable bonds is 3. The Morgan fingerprint density at radius 2 is 2.05 bits per heavy atom. The predicted molar refractivity (Wildman–Crippen MR) is 72.8 cm³/mol. The van der Waals surface area contributed by atoms with Crippen molar-refractivity contribution in [3.63, 3.8) is 0 Å². The maximum Gasteiger partial charge on any atom is 0.307 e. The number of amides is 1. The summed E-state index contributed by atoms with van der Waals surface area (Å²) in [5.74, 6) is -3.18. The fourth-order valence-electron chi connectivity index (χ4n) is 2.80. The summed E-state index contributed by atoms with van der Waals surface area (Å²) in [6.45, 7) is 1.90. The number of carbonyl (C=O) groups is 2. The van der Waals surface area contributed by atoms with Gasteiger partial charge in [-0.25, -0.2) is 4.39 Å². The maximum atomic E-state index is 13.1. The first-order chi connectivity index (χ1) is 9.92. The standard InChI is InChI=1S/C15H15FN2O3/c1-8-4-11(12(5-8)15(20)21)14(19)18-13-3-2-10(16)6-9(13)7-17/h2-3,6,8,11-12H,4-5H2,1H3,(H,18,19)(H,20,21). The number of hydrogen-bond donors (Lipinski definition) is 2. The van der Waals surface area contributed by atoms with E-state index in [0.717, 1.165) is 12.1 Å². The van der Waals surface area contributed by atoms with E-state index in [9.17, 15) is 19.1 Å². The highest BCUT2D eigenvalue weighted by Crippen LogP contribution is 2.37. The van der Waals surface area contributed by atoms with Crippen LogP contribution in [0.25, 0.3) is 0 Å². The molecule has 2 N–H and O–H groups in total. The highest BCUT2D eigenvalue weighted by Gasteiger charge is 2.41. The molecule has 3 unspecified atom stereocenters. The average Bonchev–Trinajstić information content (AvgIpc) is 2.83. The lowest BCUT2D eigenvalue weighted by molar-refractivity contribution is -0.145. The minimum absolute atomic E-state index is 0.0151. The van der Waals surface area contributed by atoms with Gasteiger partial charge in [-0.2, -0.15) is 5.26 Å². The number of nitrogens with one attached hydrogen (secondary N) is 1. The summed E-state index contributed by atoms with van der Waals surface area (Å²) in [6, 6.07) is 5.28. The first kappa shape index (κ1) is 15.0. The van der Waals surface area contributed by atoms with Gasteiger partial charge in [-0.1, -0.05) is 6.92 Å². The molecule has 0 saturated heterocycles. The molecular weight excluding hydrogens is 275 g/mol. The van der Waals surface area contributed by atoms with Crippen LogP contribution in [0.3, 0.4) is 0 Å². The van der Waals surface area contributed by atoms with E-state index >= 15 is 0 Å². The van der Waals surface area contributed by atoms with Crippen molar-refractivity contribution in [2.75, 3.05) is 5.32 Å². The molecule has 0 radical (unpaired) electrons. The van der Waals surface area contributed by atoms with Gasteiger partial charge in [0.15, 0.2) is 0 Å². The van der Waals surface area contributed by atoms with Gasteiger partial charge in [0.1, 0.15) is 11.9 Å². The highest BCUT2D eigenvalue weighted by atomic mass is 19.1. The molecular formula is C15H15FN2O3. The minimum atomic E-state index is -0.987. The van der Waals surface area contributed by atoms with Crippen LogP contribution in [0.2, 0.25) is 0 Å². The summed E-state index contributed by atoms with van der Waals surface area (Å²) in [5.41, 5.74) is 0.217. The molecule has 1 aliphatic rings. The van der Waals surface area contributed by atoms with Crippen LogP contribution in [0.5, 0.6) is 0 Å². The summed E-state index contributed by atoms with van der Waals surface area (Å²) in [6.07, 6.45) is 0.952. The van der Waals surface area contributed by atoms with Crippen molar-refractivity contribution < 1.29 is 19.1 Å². The van der Waals surface area contributed by atoms with Gasteiger partial charge in [0, 0.05) is 0 Å². The maximum absolute atomic E-state index is 13.1. The molecule has 3 atom stereocenters. The molecule has 110 valence electrons. The number of anilines is 1. The first-order valence-corrected chi connectivity index (χ1v) is 6.65. The SMILES string of the molecule is CC1CC(C(=O)O)C(C(=O)Nc2ccc(F)cc2C#N)C1. The van der Waals surface area contributed by atoms with E-state index in [0.29, 0.717) is 12.8 Å². The van der Waals surface area contributed by atoms with Crippen molar-refractivity contribution in [1.29, 1.82) is 5.26 Å². The summed E-state index contributed by atoms with van der Waals surface area (Å²) >= 11 is 0. The van der Waals surface area contributed by atoms with Gasteiger partial charge < -0.3 is 10.4 Å². The second kappa shape index (κ2) is 5.92. The first-order valence-electron chi connectivity index (χ1n) is 6.65. The minimum Gasteiger partial charge on any atom is -0.481 e. The summed E-state index contributed by atoms with van der Waals surface area (Å²) in [4.78, 5) is 23.5. The molecule has 0 bridgehead atoms. The third-order valence-electron chi connectivity index (χ3n) is 3.81. The average molecular weight is 290 g/mol. The molecule has 1 aromatic rings. The second-order valence-corrected chi connectivity index (χ2v) is 5.42. The molecule has 1 aliphatic carbocycles. The fourth-order valence-corrected chi connectivity index (χ4v) is 2.80. The van der Waals surface area contributed by atoms with E-state index in [2.05, 4.69) is 5.32 Å². The van der Waals surface area contributed by atoms with E-state index in [1.54, 1.807) is 6.07 Å². The normalized spacial score (nSPS) is 24.3. The Morgan fingerprint density at radius 1 is 1.38 bits per heavy atom. The Bertz CT molecular complexity index is 624. The smallest absolute Gasteiger partial charge is 0.307 e. The number of hydrogen-bond acceptors (Lipinski definition) is 3. The largest absolute Gasteiger partial charge is 0.481 e.